The van der Waals surface area contributed by atoms with Crippen LogP contribution in [0, 0.1) is 24.0 Å². The molecule has 0 unspecified atom stereocenters. The first kappa shape index (κ1) is 23.9. The van der Waals surface area contributed by atoms with Crippen LogP contribution in [0.4, 0.5) is 5.69 Å². The van der Waals surface area contributed by atoms with Gasteiger partial charge in [0.25, 0.3) is 11.6 Å². The number of nitrogens with one attached hydrogen (secondary N) is 1. The van der Waals surface area contributed by atoms with Crippen molar-refractivity contribution in [1.82, 2.24) is 10.4 Å². The van der Waals surface area contributed by atoms with E-state index in [4.69, 9.17) is 9.15 Å². The molecule has 1 aliphatic rings. The van der Waals surface area contributed by atoms with Gasteiger partial charge in [-0.3, -0.25) is 14.9 Å². The first-order valence-corrected chi connectivity index (χ1v) is 11.6. The zero-order chi connectivity index (χ0) is 26.1. The lowest BCUT2D eigenvalue weighted by molar-refractivity contribution is -0.384. The Bertz CT molecular complexity index is 1600. The molecule has 1 amide bonds. The molecule has 37 heavy (non-hydrogen) atoms. The van der Waals surface area contributed by atoms with E-state index in [1.165, 1.54) is 24.3 Å². The third-order valence-electron chi connectivity index (χ3n) is 6.15. The normalized spacial score (nSPS) is 13.8. The number of ether oxygens (including phenoxy) is 1. The van der Waals surface area contributed by atoms with E-state index in [0.29, 0.717) is 53.1 Å². The Morgan fingerprint density at radius 2 is 1.92 bits per heavy atom. The molecule has 0 saturated carbocycles. The minimum Gasteiger partial charge on any atom is -0.453 e. The summed E-state index contributed by atoms with van der Waals surface area (Å²) < 4.78 is 11.6. The van der Waals surface area contributed by atoms with Crippen LogP contribution >= 0.6 is 0 Å². The number of hydrogen-bond acceptors (Lipinski definition) is 8. The fourth-order valence-electron chi connectivity index (χ4n) is 4.36. The van der Waals surface area contributed by atoms with Crippen LogP contribution in [-0.2, 0) is 6.42 Å². The molecule has 186 valence electrons. The van der Waals surface area contributed by atoms with E-state index in [1.807, 2.05) is 25.1 Å². The van der Waals surface area contributed by atoms with Crippen LogP contribution in [-0.4, -0.2) is 27.5 Å². The Morgan fingerprint density at radius 1 is 1.11 bits per heavy atom. The number of rotatable bonds is 5. The van der Waals surface area contributed by atoms with Gasteiger partial charge in [0.05, 0.1) is 10.6 Å². The van der Waals surface area contributed by atoms with E-state index in [9.17, 15) is 19.7 Å². The summed E-state index contributed by atoms with van der Waals surface area (Å²) in [5.74, 6) is -0.246. The molecule has 4 aromatic rings. The number of nitrogens with zero attached hydrogens (tertiary/aromatic N) is 3. The summed E-state index contributed by atoms with van der Waals surface area (Å²) in [6, 6.07) is 14.6. The molecule has 2 aromatic carbocycles. The number of para-hydroxylation sites is 1. The molecule has 0 bridgehead atoms. The standard InChI is InChI=1S/C27H22N4O6/c1-15-12-13-17-6-4-11-22(24(17)28-15)37-27(33)25-16(2)23-20(9-5-10-21(23)36-25)29-30-26(32)18-7-3-8-19(14-18)31(34)35/h3-4,6-8,11-14H,5,9-10H2,1-2H3,(H,30,32)/b29-20+. The average molecular weight is 498 g/mol. The number of amides is 1. The Hall–Kier alpha value is -4.86. The predicted octanol–water partition coefficient (Wildman–Crippen LogP) is 5.04. The highest BCUT2D eigenvalue weighted by Crippen LogP contribution is 2.31. The molecule has 1 N–H and O–H groups in total. The summed E-state index contributed by atoms with van der Waals surface area (Å²) in [7, 11) is 0. The second-order valence-electron chi connectivity index (χ2n) is 8.68. The summed E-state index contributed by atoms with van der Waals surface area (Å²) in [4.78, 5) is 40.6. The van der Waals surface area contributed by atoms with Crippen molar-refractivity contribution in [1.29, 1.82) is 0 Å². The first-order valence-electron chi connectivity index (χ1n) is 11.6. The Kier molecular flexibility index (Phi) is 6.22. The minimum atomic E-state index is -0.650. The maximum atomic E-state index is 13.1. The van der Waals surface area contributed by atoms with E-state index in [0.717, 1.165) is 11.1 Å². The van der Waals surface area contributed by atoms with Crippen LogP contribution in [0.3, 0.4) is 0 Å². The minimum absolute atomic E-state index is 0.0641. The van der Waals surface area contributed by atoms with Crippen molar-refractivity contribution in [2.45, 2.75) is 33.1 Å². The van der Waals surface area contributed by atoms with Gasteiger partial charge in [0.15, 0.2) is 5.75 Å². The van der Waals surface area contributed by atoms with Crippen LogP contribution < -0.4 is 10.2 Å². The van der Waals surface area contributed by atoms with Crippen LogP contribution in [0.25, 0.3) is 10.9 Å². The number of pyridine rings is 1. The van der Waals surface area contributed by atoms with Crippen molar-refractivity contribution in [3.63, 3.8) is 0 Å². The molecule has 1 aliphatic carbocycles. The van der Waals surface area contributed by atoms with E-state index in [1.54, 1.807) is 19.1 Å². The highest BCUT2D eigenvalue weighted by Gasteiger charge is 2.29. The lowest BCUT2D eigenvalue weighted by atomic mass is 9.93. The van der Waals surface area contributed by atoms with Gasteiger partial charge in [-0.2, -0.15) is 5.10 Å². The van der Waals surface area contributed by atoms with Gasteiger partial charge in [-0.15, -0.1) is 0 Å². The number of nitro benzene ring substituents is 1. The van der Waals surface area contributed by atoms with Crippen molar-refractivity contribution < 1.29 is 23.7 Å². The summed E-state index contributed by atoms with van der Waals surface area (Å²) in [6.07, 6.45) is 1.88. The van der Waals surface area contributed by atoms with Crippen LogP contribution in [0.1, 0.15) is 56.3 Å². The van der Waals surface area contributed by atoms with Gasteiger partial charge in [-0.05, 0) is 44.9 Å². The number of non-ortho nitro benzene ring substituents is 1. The maximum absolute atomic E-state index is 13.1. The van der Waals surface area contributed by atoms with Crippen molar-refractivity contribution in [3.05, 3.63) is 98.6 Å². The SMILES string of the molecule is Cc1ccc2cccc(OC(=O)c3oc4c(c3C)/C(=N/NC(=O)c3cccc([N+](=O)[O-])c3)CCC4)c2n1. The molecule has 0 aliphatic heterocycles. The Morgan fingerprint density at radius 3 is 2.73 bits per heavy atom. The zero-order valence-corrected chi connectivity index (χ0v) is 20.1. The van der Waals surface area contributed by atoms with Crippen LogP contribution in [0.5, 0.6) is 5.75 Å². The second kappa shape index (κ2) is 9.65. The highest BCUT2D eigenvalue weighted by atomic mass is 16.6. The maximum Gasteiger partial charge on any atom is 0.380 e. The van der Waals surface area contributed by atoms with E-state index in [2.05, 4.69) is 15.5 Å². The molecule has 5 rings (SSSR count). The molecular formula is C27H22N4O6. The van der Waals surface area contributed by atoms with Gasteiger partial charge in [0.2, 0.25) is 5.76 Å². The average Bonchev–Trinajstić information content (AvgIpc) is 3.24. The smallest absolute Gasteiger partial charge is 0.380 e. The molecule has 0 spiro atoms. The number of aryl methyl sites for hydroxylation is 2. The predicted molar refractivity (Wildman–Crippen MR) is 135 cm³/mol. The van der Waals surface area contributed by atoms with Crippen molar-refractivity contribution in [2.75, 3.05) is 0 Å². The molecule has 0 radical (unpaired) electrons. The van der Waals surface area contributed by atoms with Gasteiger partial charge >= 0.3 is 5.97 Å². The largest absolute Gasteiger partial charge is 0.453 e. The van der Waals surface area contributed by atoms with Crippen molar-refractivity contribution in [2.24, 2.45) is 5.10 Å². The molecule has 2 aromatic heterocycles. The summed E-state index contributed by atoms with van der Waals surface area (Å²) in [6.45, 7) is 3.61. The number of benzene rings is 2. The lowest BCUT2D eigenvalue weighted by Gasteiger charge is -2.13. The number of furan rings is 1. The number of carbonyl (C=O) groups excluding carboxylic acids is 2. The molecule has 10 nitrogen and oxygen atoms in total. The summed E-state index contributed by atoms with van der Waals surface area (Å²) in [5.41, 5.74) is 5.55. The van der Waals surface area contributed by atoms with Gasteiger partial charge < -0.3 is 9.15 Å². The number of fused-ring (bicyclic) bond motifs is 2. The molecular weight excluding hydrogens is 476 g/mol. The quantitative estimate of drug-likeness (QED) is 0.176. The molecule has 0 atom stereocenters. The Balaban J connectivity index is 1.40. The molecule has 2 heterocycles. The zero-order valence-electron chi connectivity index (χ0n) is 20.1. The molecule has 0 fully saturated rings. The van der Waals surface area contributed by atoms with E-state index in [-0.39, 0.29) is 17.0 Å². The topological polar surface area (TPSA) is 137 Å². The van der Waals surface area contributed by atoms with Gasteiger partial charge in [-0.1, -0.05) is 24.3 Å². The fourth-order valence-corrected chi connectivity index (χ4v) is 4.36. The summed E-state index contributed by atoms with van der Waals surface area (Å²) >= 11 is 0. The van der Waals surface area contributed by atoms with Crippen LogP contribution in [0.15, 0.2) is 64.1 Å². The molecule has 10 heteroatoms. The van der Waals surface area contributed by atoms with E-state index < -0.39 is 16.8 Å². The Labute approximate surface area is 211 Å². The number of hydrogen-bond donors (Lipinski definition) is 1. The van der Waals surface area contributed by atoms with Gasteiger partial charge in [-0.25, -0.2) is 15.2 Å². The third-order valence-corrected chi connectivity index (χ3v) is 6.15. The number of hydrazone groups is 1. The number of nitro groups is 1. The van der Waals surface area contributed by atoms with Crippen molar-refractivity contribution in [3.8, 4) is 5.75 Å². The van der Waals surface area contributed by atoms with Gasteiger partial charge in [0.1, 0.15) is 11.3 Å². The van der Waals surface area contributed by atoms with Crippen LogP contribution in [0.2, 0.25) is 0 Å². The lowest BCUT2D eigenvalue weighted by Crippen LogP contribution is -2.22. The fraction of sp³-hybridized carbons (Fsp3) is 0.185. The first-order chi connectivity index (χ1) is 17.8. The second-order valence-corrected chi connectivity index (χ2v) is 8.68. The highest BCUT2D eigenvalue weighted by molar-refractivity contribution is 6.07. The van der Waals surface area contributed by atoms with E-state index >= 15 is 0 Å². The molecule has 0 saturated heterocycles. The van der Waals surface area contributed by atoms with Gasteiger partial charge in [0, 0.05) is 46.3 Å². The van der Waals surface area contributed by atoms with Crippen molar-refractivity contribution >= 4 is 34.2 Å². The summed E-state index contributed by atoms with van der Waals surface area (Å²) in [5, 5.41) is 16.1. The third kappa shape index (κ3) is 4.68. The number of aromatic nitrogens is 1. The monoisotopic (exact) mass is 498 g/mol. The number of carbonyl (C=O) groups is 2. The number of esters is 1.